The van der Waals surface area contributed by atoms with E-state index in [2.05, 4.69) is 4.98 Å². The van der Waals surface area contributed by atoms with E-state index in [1.165, 1.54) is 16.8 Å². The number of aliphatic hydroxyl groups excluding tert-OH is 3. The molecule has 0 radical (unpaired) electrons. The average Bonchev–Trinajstić information content (AvgIpc) is 2.57. The molecule has 1 aliphatic rings. The number of nitrogens with zero attached hydrogens (tertiary/aromatic N) is 2. The largest absolute Gasteiger partial charge is 0.394 e. The second-order valence-electron chi connectivity index (χ2n) is 3.77. The minimum Gasteiger partial charge on any atom is -0.394 e. The maximum Gasteiger partial charge on any atom is 0.203 e. The van der Waals surface area contributed by atoms with E-state index in [1.54, 1.807) is 0 Å². The Kier molecular flexibility index (Phi) is 3.40. The molecule has 8 heteroatoms. The quantitative estimate of drug-likeness (QED) is 0.494. The van der Waals surface area contributed by atoms with Crippen LogP contribution in [0.25, 0.3) is 0 Å². The van der Waals surface area contributed by atoms with Crippen molar-refractivity contribution in [1.82, 2.24) is 9.55 Å². The van der Waals surface area contributed by atoms with Crippen LogP contribution in [0.4, 0.5) is 5.82 Å². The summed E-state index contributed by atoms with van der Waals surface area (Å²) in [6.45, 7) is -0.384. The molecule has 0 aliphatic carbocycles. The molecule has 2 heterocycles. The van der Waals surface area contributed by atoms with Crippen molar-refractivity contribution in [1.29, 1.82) is 0 Å². The van der Waals surface area contributed by atoms with Gasteiger partial charge in [-0.2, -0.15) is 0 Å². The van der Waals surface area contributed by atoms with Gasteiger partial charge in [0.05, 0.1) is 6.61 Å². The van der Waals surface area contributed by atoms with E-state index in [0.717, 1.165) is 0 Å². The molecule has 7 nitrogen and oxygen atoms in total. The Morgan fingerprint density at radius 1 is 1.47 bits per heavy atom. The molecule has 1 aromatic rings. The van der Waals surface area contributed by atoms with Gasteiger partial charge in [-0.3, -0.25) is 4.57 Å². The summed E-state index contributed by atoms with van der Waals surface area (Å²) < 4.78 is 6.83. The fourth-order valence-electron chi connectivity index (χ4n) is 1.73. The molecular weight excluding hydrogens is 246 g/mol. The van der Waals surface area contributed by atoms with Crippen molar-refractivity contribution in [2.75, 3.05) is 12.3 Å². The third-order valence-corrected chi connectivity index (χ3v) is 2.94. The molecule has 0 bridgehead atoms. The zero-order valence-corrected chi connectivity index (χ0v) is 9.62. The van der Waals surface area contributed by atoms with E-state index in [1.807, 2.05) is 0 Å². The maximum absolute atomic E-state index is 9.79. The summed E-state index contributed by atoms with van der Waals surface area (Å²) in [6, 6.07) is 1.50. The maximum atomic E-state index is 9.79. The lowest BCUT2D eigenvalue weighted by Crippen LogP contribution is -2.33. The molecule has 2 rings (SSSR count). The highest BCUT2D eigenvalue weighted by Crippen LogP contribution is 2.29. The van der Waals surface area contributed by atoms with Crippen LogP contribution in [-0.2, 0) is 4.74 Å². The van der Waals surface area contributed by atoms with Crippen molar-refractivity contribution in [3.8, 4) is 0 Å². The smallest absolute Gasteiger partial charge is 0.203 e. The van der Waals surface area contributed by atoms with Gasteiger partial charge in [-0.1, -0.05) is 0 Å². The van der Waals surface area contributed by atoms with E-state index < -0.39 is 24.5 Å². The van der Waals surface area contributed by atoms with Gasteiger partial charge in [0.25, 0.3) is 0 Å². The van der Waals surface area contributed by atoms with Crippen LogP contribution in [0, 0.1) is 4.77 Å². The second kappa shape index (κ2) is 4.67. The Balaban J connectivity index is 2.32. The molecule has 1 saturated heterocycles. The SMILES string of the molecule is Nc1ccn(C2O[C@H](CO)[C@@H](O)[C@H]2O)c(=S)n1. The number of aromatic nitrogens is 2. The standard InChI is InChI=1S/C9H13N3O4S/c10-5-1-2-12(9(17)11-5)8-7(15)6(14)4(3-13)16-8/h1-2,4,6-8,13-15H,3H2,(H2,10,11,17)/t4-,6-,7-,8?/m1/s1. The number of hydrogen-bond donors (Lipinski definition) is 4. The van der Waals surface area contributed by atoms with Crippen LogP contribution in [-0.4, -0.2) is 49.8 Å². The monoisotopic (exact) mass is 259 g/mol. The number of ether oxygens (including phenoxy) is 1. The van der Waals surface area contributed by atoms with Gasteiger partial charge in [0.15, 0.2) is 6.23 Å². The van der Waals surface area contributed by atoms with Gasteiger partial charge in [-0.05, 0) is 18.3 Å². The first-order valence-corrected chi connectivity index (χ1v) is 5.42. The van der Waals surface area contributed by atoms with E-state index in [4.69, 9.17) is 27.8 Å². The molecule has 1 aliphatic heterocycles. The number of rotatable bonds is 2. The number of nitrogen functional groups attached to an aromatic ring is 1. The van der Waals surface area contributed by atoms with Crippen molar-refractivity contribution < 1.29 is 20.1 Å². The summed E-state index contributed by atoms with van der Waals surface area (Å²) in [6.07, 6.45) is -2.53. The Labute approximate surface area is 102 Å². The third-order valence-electron chi connectivity index (χ3n) is 2.64. The summed E-state index contributed by atoms with van der Waals surface area (Å²) >= 11 is 4.98. The molecule has 1 unspecified atom stereocenters. The van der Waals surface area contributed by atoms with Crippen molar-refractivity contribution in [2.24, 2.45) is 0 Å². The average molecular weight is 259 g/mol. The summed E-state index contributed by atoms with van der Waals surface area (Å²) in [5.74, 6) is 0.262. The molecule has 0 saturated carbocycles. The van der Waals surface area contributed by atoms with Gasteiger partial charge < -0.3 is 25.8 Å². The normalized spacial score (nSPS) is 32.9. The van der Waals surface area contributed by atoms with Crippen LogP contribution >= 0.6 is 12.2 Å². The molecule has 94 valence electrons. The predicted molar refractivity (Wildman–Crippen MR) is 60.5 cm³/mol. The molecule has 0 aromatic carbocycles. The van der Waals surface area contributed by atoms with Crippen LogP contribution in [0.3, 0.4) is 0 Å². The molecule has 1 aromatic heterocycles. The number of hydrogen-bond acceptors (Lipinski definition) is 7. The van der Waals surface area contributed by atoms with Gasteiger partial charge >= 0.3 is 0 Å². The summed E-state index contributed by atoms with van der Waals surface area (Å²) in [5.41, 5.74) is 5.46. The zero-order chi connectivity index (χ0) is 12.6. The predicted octanol–water partition coefficient (Wildman–Crippen LogP) is -1.19. The molecule has 5 N–H and O–H groups in total. The lowest BCUT2D eigenvalue weighted by atomic mass is 10.1. The highest BCUT2D eigenvalue weighted by atomic mass is 32.1. The molecule has 1 fully saturated rings. The zero-order valence-electron chi connectivity index (χ0n) is 8.80. The molecular formula is C9H13N3O4S. The fraction of sp³-hybridized carbons (Fsp3) is 0.556. The fourth-order valence-corrected chi connectivity index (χ4v) is 2.00. The number of anilines is 1. The van der Waals surface area contributed by atoms with E-state index in [-0.39, 0.29) is 17.2 Å². The Morgan fingerprint density at radius 2 is 2.18 bits per heavy atom. The molecule has 0 spiro atoms. The van der Waals surface area contributed by atoms with E-state index >= 15 is 0 Å². The molecule has 0 amide bonds. The van der Waals surface area contributed by atoms with Crippen LogP contribution in [0.2, 0.25) is 0 Å². The van der Waals surface area contributed by atoms with Crippen LogP contribution in [0.5, 0.6) is 0 Å². The Bertz CT molecular complexity index is 466. The lowest BCUT2D eigenvalue weighted by molar-refractivity contribution is -0.0540. The van der Waals surface area contributed by atoms with E-state index in [9.17, 15) is 10.2 Å². The van der Waals surface area contributed by atoms with Gasteiger partial charge in [-0.25, -0.2) is 4.98 Å². The highest BCUT2D eigenvalue weighted by molar-refractivity contribution is 7.71. The number of aliphatic hydroxyl groups is 3. The minimum absolute atomic E-state index is 0.139. The van der Waals surface area contributed by atoms with Crippen molar-refractivity contribution in [3.05, 3.63) is 17.0 Å². The van der Waals surface area contributed by atoms with Crippen molar-refractivity contribution in [2.45, 2.75) is 24.5 Å². The summed E-state index contributed by atoms with van der Waals surface area (Å²) in [4.78, 5) is 3.85. The first-order chi connectivity index (χ1) is 8.04. The topological polar surface area (TPSA) is 114 Å². The van der Waals surface area contributed by atoms with E-state index in [0.29, 0.717) is 0 Å². The molecule has 17 heavy (non-hydrogen) atoms. The summed E-state index contributed by atoms with van der Waals surface area (Å²) in [5, 5.41) is 28.4. The van der Waals surface area contributed by atoms with Gasteiger partial charge in [0, 0.05) is 6.20 Å². The van der Waals surface area contributed by atoms with Gasteiger partial charge in [0.2, 0.25) is 4.77 Å². The Morgan fingerprint density at radius 3 is 2.71 bits per heavy atom. The van der Waals surface area contributed by atoms with Gasteiger partial charge in [0.1, 0.15) is 24.1 Å². The van der Waals surface area contributed by atoms with Crippen LogP contribution in [0.1, 0.15) is 6.23 Å². The summed E-state index contributed by atoms with van der Waals surface area (Å²) in [7, 11) is 0. The first-order valence-electron chi connectivity index (χ1n) is 5.01. The van der Waals surface area contributed by atoms with Crippen molar-refractivity contribution >= 4 is 18.0 Å². The van der Waals surface area contributed by atoms with Crippen molar-refractivity contribution in [3.63, 3.8) is 0 Å². The number of nitrogens with two attached hydrogens (primary N) is 1. The molecule has 4 atom stereocenters. The first kappa shape index (κ1) is 12.4. The third kappa shape index (κ3) is 2.17. The van der Waals surface area contributed by atoms with Gasteiger partial charge in [-0.15, -0.1) is 0 Å². The highest BCUT2D eigenvalue weighted by Gasteiger charge is 2.43. The minimum atomic E-state index is -1.18. The second-order valence-corrected chi connectivity index (χ2v) is 4.14. The van der Waals surface area contributed by atoms with Crippen LogP contribution in [0.15, 0.2) is 12.3 Å². The Hall–Kier alpha value is -1.06. The lowest BCUT2D eigenvalue weighted by Gasteiger charge is -2.18. The van der Waals surface area contributed by atoms with Crippen LogP contribution < -0.4 is 5.73 Å².